The van der Waals surface area contributed by atoms with Crippen LogP contribution in [-0.2, 0) is 4.79 Å². The zero-order chi connectivity index (χ0) is 19.8. The van der Waals surface area contributed by atoms with Gasteiger partial charge in [-0.05, 0) is 32.0 Å². The lowest BCUT2D eigenvalue weighted by Crippen LogP contribution is -2.50. The molecular weight excluding hydrogens is 352 g/mol. The number of ketones is 1. The van der Waals surface area contributed by atoms with Crippen molar-refractivity contribution in [2.45, 2.75) is 19.8 Å². The molecule has 0 aliphatic carbocycles. The van der Waals surface area contributed by atoms with E-state index in [1.807, 2.05) is 66.4 Å². The van der Waals surface area contributed by atoms with E-state index in [0.29, 0.717) is 19.5 Å². The van der Waals surface area contributed by atoms with Crippen molar-refractivity contribution in [3.8, 4) is 5.75 Å². The molecule has 1 fully saturated rings. The first-order chi connectivity index (χ1) is 13.6. The fourth-order valence-corrected chi connectivity index (χ4v) is 3.32. The quantitative estimate of drug-likeness (QED) is 0.660. The predicted molar refractivity (Wildman–Crippen MR) is 110 cm³/mol. The van der Waals surface area contributed by atoms with E-state index in [0.717, 1.165) is 37.4 Å². The Labute approximate surface area is 166 Å². The van der Waals surface area contributed by atoms with Gasteiger partial charge in [0.05, 0.1) is 0 Å². The Morgan fingerprint density at radius 2 is 1.61 bits per heavy atom. The van der Waals surface area contributed by atoms with E-state index in [1.165, 1.54) is 5.56 Å². The third-order valence-corrected chi connectivity index (χ3v) is 5.08. The fraction of sp³-hybridized carbons (Fsp3) is 0.391. The zero-order valence-corrected chi connectivity index (χ0v) is 16.5. The van der Waals surface area contributed by atoms with Gasteiger partial charge in [-0.3, -0.25) is 14.5 Å². The highest BCUT2D eigenvalue weighted by Crippen LogP contribution is 2.12. The summed E-state index contributed by atoms with van der Waals surface area (Å²) in [6.45, 7) is 6.10. The average molecular weight is 380 g/mol. The molecule has 0 N–H and O–H groups in total. The molecule has 2 aromatic carbocycles. The van der Waals surface area contributed by atoms with E-state index in [9.17, 15) is 9.59 Å². The molecule has 0 spiro atoms. The molecular formula is C23H28N2O3. The topological polar surface area (TPSA) is 49.9 Å². The first kappa shape index (κ1) is 20.1. The van der Waals surface area contributed by atoms with Crippen LogP contribution in [0.1, 0.15) is 28.8 Å². The van der Waals surface area contributed by atoms with Crippen LogP contribution < -0.4 is 4.74 Å². The summed E-state index contributed by atoms with van der Waals surface area (Å²) in [6, 6.07) is 17.2. The molecule has 0 unspecified atom stereocenters. The number of nitrogens with zero attached hydrogens (tertiary/aromatic N) is 2. The highest BCUT2D eigenvalue weighted by atomic mass is 16.5. The molecule has 0 saturated carbocycles. The van der Waals surface area contributed by atoms with Crippen molar-refractivity contribution in [2.75, 3.05) is 39.3 Å². The molecule has 28 heavy (non-hydrogen) atoms. The minimum Gasteiger partial charge on any atom is -0.484 e. The molecule has 1 saturated heterocycles. The van der Waals surface area contributed by atoms with Crippen LogP contribution in [0.3, 0.4) is 0 Å². The van der Waals surface area contributed by atoms with E-state index in [2.05, 4.69) is 4.90 Å². The summed E-state index contributed by atoms with van der Waals surface area (Å²) in [6.07, 6.45) is 1.41. The standard InChI is InChI=1S/C23H28N2O3/c1-19-9-11-21(12-10-19)28-18-23(27)25-16-14-24(15-17-25)13-5-8-22(26)20-6-3-2-4-7-20/h2-4,6-7,9-12H,5,8,13-18H2,1H3. The number of carbonyl (C=O) groups excluding carboxylic acids is 2. The van der Waals surface area contributed by atoms with Crippen molar-refractivity contribution in [3.05, 3.63) is 65.7 Å². The summed E-state index contributed by atoms with van der Waals surface area (Å²) in [5.41, 5.74) is 1.95. The number of aryl methyl sites for hydroxylation is 1. The van der Waals surface area contributed by atoms with Crippen LogP contribution in [0, 0.1) is 6.92 Å². The number of carbonyl (C=O) groups is 2. The molecule has 0 bridgehead atoms. The number of hydrogen-bond donors (Lipinski definition) is 0. The highest BCUT2D eigenvalue weighted by Gasteiger charge is 2.21. The molecule has 1 aliphatic heterocycles. The first-order valence-corrected chi connectivity index (χ1v) is 9.89. The van der Waals surface area contributed by atoms with Crippen molar-refractivity contribution in [3.63, 3.8) is 0 Å². The molecule has 0 aromatic heterocycles. The number of Topliss-reactive ketones (excluding diaryl/α,β-unsaturated/α-hetero) is 1. The van der Waals surface area contributed by atoms with Gasteiger partial charge in [0.25, 0.3) is 5.91 Å². The number of benzene rings is 2. The van der Waals surface area contributed by atoms with E-state index in [1.54, 1.807) is 0 Å². The lowest BCUT2D eigenvalue weighted by atomic mass is 10.1. The van der Waals surface area contributed by atoms with Crippen LogP contribution in [0.4, 0.5) is 0 Å². The summed E-state index contributed by atoms with van der Waals surface area (Å²) in [5.74, 6) is 0.947. The summed E-state index contributed by atoms with van der Waals surface area (Å²) < 4.78 is 5.59. The Morgan fingerprint density at radius 3 is 2.29 bits per heavy atom. The molecule has 5 nitrogen and oxygen atoms in total. The summed E-state index contributed by atoms with van der Waals surface area (Å²) in [7, 11) is 0. The lowest BCUT2D eigenvalue weighted by Gasteiger charge is -2.34. The molecule has 1 amide bonds. The van der Waals surface area contributed by atoms with Crippen molar-refractivity contribution < 1.29 is 14.3 Å². The van der Waals surface area contributed by atoms with Gasteiger partial charge >= 0.3 is 0 Å². The smallest absolute Gasteiger partial charge is 0.260 e. The van der Waals surface area contributed by atoms with Crippen LogP contribution in [0.15, 0.2) is 54.6 Å². The number of ether oxygens (including phenoxy) is 1. The molecule has 1 heterocycles. The minimum atomic E-state index is 0.0273. The van der Waals surface area contributed by atoms with Crippen molar-refractivity contribution in [2.24, 2.45) is 0 Å². The van der Waals surface area contributed by atoms with Crippen molar-refractivity contribution in [1.29, 1.82) is 0 Å². The maximum absolute atomic E-state index is 12.3. The molecule has 0 atom stereocenters. The van der Waals surface area contributed by atoms with Gasteiger partial charge in [0.1, 0.15) is 5.75 Å². The maximum atomic E-state index is 12.3. The molecule has 3 rings (SSSR count). The third-order valence-electron chi connectivity index (χ3n) is 5.08. The Hall–Kier alpha value is -2.66. The van der Waals surface area contributed by atoms with Crippen LogP contribution in [0.25, 0.3) is 0 Å². The van der Waals surface area contributed by atoms with Crippen LogP contribution in [0.2, 0.25) is 0 Å². The number of amides is 1. The number of rotatable bonds is 8. The third kappa shape index (κ3) is 5.92. The fourth-order valence-electron chi connectivity index (χ4n) is 3.32. The Balaban J connectivity index is 1.33. The van der Waals surface area contributed by atoms with E-state index in [4.69, 9.17) is 4.74 Å². The van der Waals surface area contributed by atoms with Crippen LogP contribution in [0.5, 0.6) is 5.75 Å². The number of hydrogen-bond acceptors (Lipinski definition) is 4. The molecule has 5 heteroatoms. The monoisotopic (exact) mass is 380 g/mol. The van der Waals surface area contributed by atoms with Crippen molar-refractivity contribution >= 4 is 11.7 Å². The van der Waals surface area contributed by atoms with Gasteiger partial charge in [-0.1, -0.05) is 48.0 Å². The van der Waals surface area contributed by atoms with E-state index in [-0.39, 0.29) is 18.3 Å². The molecule has 0 radical (unpaired) electrons. The summed E-state index contributed by atoms with van der Waals surface area (Å²) in [4.78, 5) is 28.7. The van der Waals surface area contributed by atoms with E-state index >= 15 is 0 Å². The van der Waals surface area contributed by atoms with Gasteiger partial charge < -0.3 is 9.64 Å². The normalized spacial score (nSPS) is 14.7. The van der Waals surface area contributed by atoms with Crippen LogP contribution >= 0.6 is 0 Å². The zero-order valence-electron chi connectivity index (χ0n) is 16.5. The van der Waals surface area contributed by atoms with E-state index < -0.39 is 0 Å². The second-order valence-corrected chi connectivity index (χ2v) is 7.22. The molecule has 2 aromatic rings. The molecule has 1 aliphatic rings. The predicted octanol–water partition coefficient (Wildman–Crippen LogP) is 3.18. The van der Waals surface area contributed by atoms with Gasteiger partial charge in [0.15, 0.2) is 12.4 Å². The number of piperazine rings is 1. The van der Waals surface area contributed by atoms with Gasteiger partial charge in [-0.25, -0.2) is 0 Å². The Morgan fingerprint density at radius 1 is 0.929 bits per heavy atom. The first-order valence-electron chi connectivity index (χ1n) is 9.89. The molecule has 148 valence electrons. The van der Waals surface area contributed by atoms with Gasteiger partial charge in [-0.2, -0.15) is 0 Å². The van der Waals surface area contributed by atoms with Gasteiger partial charge in [0.2, 0.25) is 0 Å². The van der Waals surface area contributed by atoms with Crippen molar-refractivity contribution in [1.82, 2.24) is 9.80 Å². The summed E-state index contributed by atoms with van der Waals surface area (Å²) in [5, 5.41) is 0. The highest BCUT2D eigenvalue weighted by molar-refractivity contribution is 5.95. The second-order valence-electron chi connectivity index (χ2n) is 7.22. The second kappa shape index (κ2) is 10.0. The lowest BCUT2D eigenvalue weighted by molar-refractivity contribution is -0.135. The Bertz CT molecular complexity index is 766. The van der Waals surface area contributed by atoms with Gasteiger partial charge in [0, 0.05) is 38.2 Å². The Kier molecular flexibility index (Phi) is 7.20. The average Bonchev–Trinajstić information content (AvgIpc) is 2.74. The largest absolute Gasteiger partial charge is 0.484 e. The maximum Gasteiger partial charge on any atom is 0.260 e. The minimum absolute atomic E-state index is 0.0273. The van der Waals surface area contributed by atoms with Gasteiger partial charge in [-0.15, -0.1) is 0 Å². The SMILES string of the molecule is Cc1ccc(OCC(=O)N2CCN(CCCC(=O)c3ccccc3)CC2)cc1. The van der Waals surface area contributed by atoms with Crippen LogP contribution in [-0.4, -0.2) is 60.8 Å². The summed E-state index contributed by atoms with van der Waals surface area (Å²) >= 11 is 0.